The fraction of sp³-hybridized carbons (Fsp3) is 0.263. The highest BCUT2D eigenvalue weighted by Crippen LogP contribution is 2.38. The molecular weight excluding hydrogens is 452 g/mol. The predicted octanol–water partition coefficient (Wildman–Crippen LogP) is 3.99. The molecule has 1 N–H and O–H groups in total. The smallest absolute Gasteiger partial charge is 0.269 e. The molecule has 2 aromatic carbocycles. The highest BCUT2D eigenvalue weighted by Gasteiger charge is 2.28. The van der Waals surface area contributed by atoms with Gasteiger partial charge in [0, 0.05) is 53.5 Å². The van der Waals surface area contributed by atoms with Crippen LogP contribution in [-0.2, 0) is 10.0 Å². The van der Waals surface area contributed by atoms with Gasteiger partial charge in [-0.25, -0.2) is 21.2 Å². The molecule has 3 aromatic rings. The number of hydrogen-bond donors (Lipinski definition) is 1. The maximum atomic E-state index is 13.9. The lowest BCUT2D eigenvalue weighted by Gasteiger charge is -2.30. The second kappa shape index (κ2) is 7.46. The van der Waals surface area contributed by atoms with Crippen molar-refractivity contribution in [2.75, 3.05) is 31.1 Å². The standard InChI is InChI=1S/C19H18BrF2N3O2S/c20-14-4-1-2-7-17(14)28(26,27)25-12-13(19(21)22)18-15(5-3-6-16(18)25)24-10-8-23-9-11-24/h1-7,12,19,23H,8-11H2. The summed E-state index contributed by atoms with van der Waals surface area (Å²) >= 11 is 3.25. The van der Waals surface area contributed by atoms with Gasteiger partial charge in [-0.3, -0.25) is 0 Å². The maximum Gasteiger partial charge on any atom is 0.269 e. The van der Waals surface area contributed by atoms with Crippen LogP contribution in [0.15, 0.2) is 58.0 Å². The third kappa shape index (κ3) is 3.21. The Kier molecular flexibility index (Phi) is 5.15. The Morgan fingerprint density at radius 1 is 1.04 bits per heavy atom. The van der Waals surface area contributed by atoms with Crippen molar-refractivity contribution in [1.82, 2.24) is 9.29 Å². The summed E-state index contributed by atoms with van der Waals surface area (Å²) in [5.41, 5.74) is 0.609. The molecule has 1 saturated heterocycles. The first-order valence-corrected chi connectivity index (χ1v) is 11.0. The van der Waals surface area contributed by atoms with Crippen molar-refractivity contribution in [3.8, 4) is 0 Å². The van der Waals surface area contributed by atoms with E-state index in [1.807, 2.05) is 4.90 Å². The monoisotopic (exact) mass is 469 g/mol. The number of fused-ring (bicyclic) bond motifs is 1. The molecule has 0 amide bonds. The molecule has 1 aromatic heterocycles. The van der Waals surface area contributed by atoms with Gasteiger partial charge >= 0.3 is 0 Å². The van der Waals surface area contributed by atoms with Gasteiger partial charge in [0.2, 0.25) is 0 Å². The van der Waals surface area contributed by atoms with E-state index < -0.39 is 16.4 Å². The number of rotatable bonds is 4. The zero-order chi connectivity index (χ0) is 19.9. The molecule has 0 bridgehead atoms. The molecule has 0 radical (unpaired) electrons. The van der Waals surface area contributed by atoms with Crippen molar-refractivity contribution in [2.45, 2.75) is 11.3 Å². The molecule has 0 atom stereocenters. The quantitative estimate of drug-likeness (QED) is 0.627. The molecule has 1 aliphatic rings. The van der Waals surface area contributed by atoms with E-state index in [-0.39, 0.29) is 21.4 Å². The van der Waals surface area contributed by atoms with Gasteiger partial charge in [0.1, 0.15) is 4.90 Å². The Morgan fingerprint density at radius 3 is 2.43 bits per heavy atom. The van der Waals surface area contributed by atoms with Crippen LogP contribution in [0.4, 0.5) is 14.5 Å². The van der Waals surface area contributed by atoms with Crippen molar-refractivity contribution in [3.05, 3.63) is 58.7 Å². The number of anilines is 1. The molecule has 0 aliphatic carbocycles. The minimum Gasteiger partial charge on any atom is -0.368 e. The SMILES string of the molecule is O=S(=O)(c1ccccc1Br)n1cc(C(F)F)c2c(N3CCNCC3)cccc21. The Labute approximate surface area is 170 Å². The van der Waals surface area contributed by atoms with Crippen LogP contribution in [0.2, 0.25) is 0 Å². The van der Waals surface area contributed by atoms with E-state index in [9.17, 15) is 17.2 Å². The van der Waals surface area contributed by atoms with Crippen LogP contribution in [0.25, 0.3) is 10.9 Å². The summed E-state index contributed by atoms with van der Waals surface area (Å²) in [5, 5.41) is 3.52. The maximum absolute atomic E-state index is 13.9. The van der Waals surface area contributed by atoms with Gasteiger partial charge in [0.05, 0.1) is 5.52 Å². The number of hydrogen-bond acceptors (Lipinski definition) is 4. The highest BCUT2D eigenvalue weighted by atomic mass is 79.9. The van der Waals surface area contributed by atoms with Gasteiger partial charge in [-0.1, -0.05) is 18.2 Å². The van der Waals surface area contributed by atoms with Crippen LogP contribution in [0.5, 0.6) is 0 Å². The van der Waals surface area contributed by atoms with Gasteiger partial charge < -0.3 is 10.2 Å². The van der Waals surface area contributed by atoms with Crippen LogP contribution in [0.1, 0.15) is 12.0 Å². The Bertz CT molecular complexity index is 1130. The third-order valence-electron chi connectivity index (χ3n) is 4.87. The van der Waals surface area contributed by atoms with Gasteiger partial charge in [-0.2, -0.15) is 0 Å². The second-order valence-electron chi connectivity index (χ2n) is 6.52. The van der Waals surface area contributed by atoms with E-state index in [0.29, 0.717) is 23.2 Å². The zero-order valence-electron chi connectivity index (χ0n) is 14.8. The van der Waals surface area contributed by atoms with Crippen LogP contribution in [0.3, 0.4) is 0 Å². The topological polar surface area (TPSA) is 54.3 Å². The first-order valence-electron chi connectivity index (χ1n) is 8.79. The van der Waals surface area contributed by atoms with Crippen LogP contribution < -0.4 is 10.2 Å². The summed E-state index contributed by atoms with van der Waals surface area (Å²) < 4.78 is 55.6. The lowest BCUT2D eigenvalue weighted by Crippen LogP contribution is -2.43. The number of nitrogens with one attached hydrogen (secondary N) is 1. The van der Waals surface area contributed by atoms with Crippen molar-refractivity contribution in [1.29, 1.82) is 0 Å². The molecule has 1 aliphatic heterocycles. The van der Waals surface area contributed by atoms with E-state index in [2.05, 4.69) is 21.2 Å². The summed E-state index contributed by atoms with van der Waals surface area (Å²) in [7, 11) is -4.05. The number of benzene rings is 2. The van der Waals surface area contributed by atoms with Gasteiger partial charge in [-0.15, -0.1) is 0 Å². The van der Waals surface area contributed by atoms with Crippen molar-refractivity contribution in [2.24, 2.45) is 0 Å². The lowest BCUT2D eigenvalue weighted by atomic mass is 10.1. The summed E-state index contributed by atoms with van der Waals surface area (Å²) in [6.45, 7) is 2.83. The first kappa shape index (κ1) is 19.4. The summed E-state index contributed by atoms with van der Waals surface area (Å²) in [4.78, 5) is 2.04. The highest BCUT2D eigenvalue weighted by molar-refractivity contribution is 9.10. The predicted molar refractivity (Wildman–Crippen MR) is 109 cm³/mol. The molecule has 28 heavy (non-hydrogen) atoms. The normalized spacial score (nSPS) is 15.5. The first-order chi connectivity index (χ1) is 13.4. The van der Waals surface area contributed by atoms with Crippen LogP contribution >= 0.6 is 15.9 Å². The second-order valence-corrected chi connectivity index (χ2v) is 9.16. The largest absolute Gasteiger partial charge is 0.368 e. The average molecular weight is 470 g/mol. The minimum atomic E-state index is -4.05. The number of halogens is 3. The zero-order valence-corrected chi connectivity index (χ0v) is 17.2. The fourth-order valence-corrected chi connectivity index (χ4v) is 5.90. The van der Waals surface area contributed by atoms with Crippen molar-refractivity contribution >= 4 is 42.5 Å². The molecule has 9 heteroatoms. The molecule has 0 unspecified atom stereocenters. The molecular formula is C19H18BrF2N3O2S. The molecule has 2 heterocycles. The average Bonchev–Trinajstić information content (AvgIpc) is 3.10. The van der Waals surface area contributed by atoms with E-state index in [1.165, 1.54) is 6.07 Å². The number of piperazine rings is 1. The van der Waals surface area contributed by atoms with E-state index in [1.54, 1.807) is 36.4 Å². The summed E-state index contributed by atoms with van der Waals surface area (Å²) in [6.07, 6.45) is -1.74. The van der Waals surface area contributed by atoms with Gasteiger partial charge in [0.15, 0.2) is 0 Å². The molecule has 0 saturated carbocycles. The van der Waals surface area contributed by atoms with Crippen LogP contribution in [0, 0.1) is 0 Å². The van der Waals surface area contributed by atoms with Gasteiger partial charge in [0.25, 0.3) is 16.4 Å². The lowest BCUT2D eigenvalue weighted by molar-refractivity contribution is 0.153. The van der Waals surface area contributed by atoms with E-state index in [4.69, 9.17) is 0 Å². The molecule has 0 spiro atoms. The molecule has 5 nitrogen and oxygen atoms in total. The number of aromatic nitrogens is 1. The Morgan fingerprint density at radius 2 is 1.75 bits per heavy atom. The third-order valence-corrected chi connectivity index (χ3v) is 7.55. The number of alkyl halides is 2. The summed E-state index contributed by atoms with van der Waals surface area (Å²) in [5.74, 6) is 0. The van der Waals surface area contributed by atoms with Crippen molar-refractivity contribution < 1.29 is 17.2 Å². The molecule has 1 fully saturated rings. The Hall–Kier alpha value is -1.97. The van der Waals surface area contributed by atoms with Crippen LogP contribution in [-0.4, -0.2) is 38.6 Å². The minimum absolute atomic E-state index is 0.0280. The number of nitrogens with zero attached hydrogens (tertiary/aromatic N) is 2. The molecule has 148 valence electrons. The fourth-order valence-electron chi connectivity index (χ4n) is 3.56. The Balaban J connectivity index is 1.97. The van der Waals surface area contributed by atoms with E-state index >= 15 is 0 Å². The molecule has 4 rings (SSSR count). The van der Waals surface area contributed by atoms with Crippen molar-refractivity contribution in [3.63, 3.8) is 0 Å². The summed E-state index contributed by atoms with van der Waals surface area (Å²) in [6, 6.07) is 11.4. The van der Waals surface area contributed by atoms with Gasteiger partial charge in [-0.05, 0) is 40.2 Å². The van der Waals surface area contributed by atoms with E-state index in [0.717, 1.165) is 23.3 Å².